The number of aliphatic hydroxyl groups excluding tert-OH is 1. The molecule has 4 atom stereocenters. The Hall–Kier alpha value is -1.06. The SMILES string of the molecule is COc1cc(C)c(CN(C)C2C[C@H]3CC(O)C[C@H]3C2)cc1C. The summed E-state index contributed by atoms with van der Waals surface area (Å²) in [7, 11) is 3.99. The van der Waals surface area contributed by atoms with E-state index in [-0.39, 0.29) is 6.10 Å². The number of benzene rings is 1. The lowest BCUT2D eigenvalue weighted by atomic mass is 10.0. The van der Waals surface area contributed by atoms with Crippen molar-refractivity contribution in [3.05, 3.63) is 28.8 Å². The lowest BCUT2D eigenvalue weighted by molar-refractivity contribution is 0.158. The zero-order valence-corrected chi connectivity index (χ0v) is 14.3. The molecule has 0 bridgehead atoms. The number of methoxy groups -OCH3 is 1. The van der Waals surface area contributed by atoms with Crippen LogP contribution < -0.4 is 4.74 Å². The normalized spacial score (nSPS) is 30.8. The summed E-state index contributed by atoms with van der Waals surface area (Å²) in [4.78, 5) is 2.51. The zero-order valence-electron chi connectivity index (χ0n) is 14.3. The minimum absolute atomic E-state index is 0.0345. The fourth-order valence-corrected chi connectivity index (χ4v) is 4.55. The summed E-state index contributed by atoms with van der Waals surface area (Å²) in [5, 5.41) is 9.79. The summed E-state index contributed by atoms with van der Waals surface area (Å²) in [6.07, 6.45) is 4.53. The van der Waals surface area contributed by atoms with Crippen LogP contribution in [0.4, 0.5) is 0 Å². The topological polar surface area (TPSA) is 32.7 Å². The summed E-state index contributed by atoms with van der Waals surface area (Å²) >= 11 is 0. The summed E-state index contributed by atoms with van der Waals surface area (Å²) in [5.74, 6) is 2.48. The van der Waals surface area contributed by atoms with Gasteiger partial charge in [-0.05, 0) is 81.2 Å². The molecule has 0 amide bonds. The van der Waals surface area contributed by atoms with Crippen LogP contribution in [-0.2, 0) is 6.54 Å². The second kappa shape index (κ2) is 6.21. The maximum Gasteiger partial charge on any atom is 0.122 e. The number of aryl methyl sites for hydroxylation is 2. The molecule has 1 N–H and O–H groups in total. The molecule has 2 fully saturated rings. The Kier molecular flexibility index (Phi) is 4.47. The molecule has 3 heteroatoms. The Bertz CT molecular complexity index is 528. The molecule has 0 aromatic heterocycles. The average molecular weight is 303 g/mol. The highest BCUT2D eigenvalue weighted by atomic mass is 16.5. The van der Waals surface area contributed by atoms with Crippen molar-refractivity contribution >= 4 is 0 Å². The zero-order chi connectivity index (χ0) is 15.9. The molecule has 3 rings (SSSR count). The molecule has 122 valence electrons. The van der Waals surface area contributed by atoms with Gasteiger partial charge in [0.25, 0.3) is 0 Å². The van der Waals surface area contributed by atoms with Gasteiger partial charge in [0, 0.05) is 12.6 Å². The molecule has 2 aliphatic rings. The maximum absolute atomic E-state index is 9.79. The summed E-state index contributed by atoms with van der Waals surface area (Å²) in [6, 6.07) is 5.09. The first-order chi connectivity index (χ1) is 10.5. The van der Waals surface area contributed by atoms with Crippen LogP contribution in [0.15, 0.2) is 12.1 Å². The van der Waals surface area contributed by atoms with Gasteiger partial charge in [-0.3, -0.25) is 4.90 Å². The van der Waals surface area contributed by atoms with E-state index in [1.165, 1.54) is 29.5 Å². The quantitative estimate of drug-likeness (QED) is 0.926. The Morgan fingerprint density at radius 3 is 2.32 bits per heavy atom. The van der Waals surface area contributed by atoms with Crippen molar-refractivity contribution in [3.63, 3.8) is 0 Å². The van der Waals surface area contributed by atoms with Crippen molar-refractivity contribution in [2.75, 3.05) is 14.2 Å². The van der Waals surface area contributed by atoms with Crippen LogP contribution in [0.5, 0.6) is 5.75 Å². The van der Waals surface area contributed by atoms with Gasteiger partial charge in [0.1, 0.15) is 5.75 Å². The second-order valence-electron chi connectivity index (χ2n) is 7.43. The van der Waals surface area contributed by atoms with E-state index in [9.17, 15) is 5.11 Å². The van der Waals surface area contributed by atoms with Gasteiger partial charge in [-0.25, -0.2) is 0 Å². The van der Waals surface area contributed by atoms with Crippen LogP contribution in [0, 0.1) is 25.7 Å². The van der Waals surface area contributed by atoms with Gasteiger partial charge < -0.3 is 9.84 Å². The lowest BCUT2D eigenvalue weighted by Crippen LogP contribution is -2.30. The van der Waals surface area contributed by atoms with Crippen molar-refractivity contribution in [1.29, 1.82) is 0 Å². The highest BCUT2D eigenvalue weighted by molar-refractivity contribution is 5.41. The fraction of sp³-hybridized carbons (Fsp3) is 0.684. The highest BCUT2D eigenvalue weighted by Gasteiger charge is 2.42. The Balaban J connectivity index is 1.65. The number of hydrogen-bond donors (Lipinski definition) is 1. The van der Waals surface area contributed by atoms with Crippen molar-refractivity contribution in [1.82, 2.24) is 4.90 Å². The first-order valence-electron chi connectivity index (χ1n) is 8.50. The fourth-order valence-electron chi connectivity index (χ4n) is 4.55. The molecule has 22 heavy (non-hydrogen) atoms. The number of ether oxygens (including phenoxy) is 1. The Labute approximate surface area is 134 Å². The van der Waals surface area contributed by atoms with Crippen LogP contribution >= 0.6 is 0 Å². The maximum atomic E-state index is 9.79. The minimum Gasteiger partial charge on any atom is -0.496 e. The van der Waals surface area contributed by atoms with Crippen molar-refractivity contribution in [3.8, 4) is 5.75 Å². The predicted octanol–water partition coefficient (Wildman–Crippen LogP) is 3.29. The molecule has 1 aromatic rings. The van der Waals surface area contributed by atoms with E-state index in [0.29, 0.717) is 6.04 Å². The van der Waals surface area contributed by atoms with Crippen LogP contribution in [0.25, 0.3) is 0 Å². The van der Waals surface area contributed by atoms with Gasteiger partial charge in [-0.2, -0.15) is 0 Å². The van der Waals surface area contributed by atoms with Crippen LogP contribution in [0.3, 0.4) is 0 Å². The summed E-state index contributed by atoms with van der Waals surface area (Å²) in [5.41, 5.74) is 3.92. The Morgan fingerprint density at radius 2 is 1.73 bits per heavy atom. The standard InChI is InChI=1S/C19H29NO2/c1-12-6-19(22-4)13(2)5-16(12)11-20(3)17-7-14-9-18(21)10-15(14)8-17/h5-6,14-15,17-18,21H,7-11H2,1-4H3/t14-,15+,17?,18?. The molecule has 0 aliphatic heterocycles. The Morgan fingerprint density at radius 1 is 1.09 bits per heavy atom. The van der Waals surface area contributed by atoms with E-state index in [2.05, 4.69) is 37.9 Å². The van der Waals surface area contributed by atoms with Gasteiger partial charge in [-0.1, -0.05) is 6.07 Å². The van der Waals surface area contributed by atoms with E-state index < -0.39 is 0 Å². The third kappa shape index (κ3) is 3.02. The summed E-state index contributed by atoms with van der Waals surface area (Å²) < 4.78 is 5.41. The largest absolute Gasteiger partial charge is 0.496 e. The number of hydrogen-bond acceptors (Lipinski definition) is 3. The number of aliphatic hydroxyl groups is 1. The number of nitrogens with zero attached hydrogens (tertiary/aromatic N) is 1. The van der Waals surface area contributed by atoms with Crippen LogP contribution in [-0.4, -0.2) is 36.3 Å². The number of rotatable bonds is 4. The van der Waals surface area contributed by atoms with Crippen molar-refractivity contribution < 1.29 is 9.84 Å². The van der Waals surface area contributed by atoms with E-state index in [0.717, 1.165) is 37.0 Å². The highest BCUT2D eigenvalue weighted by Crippen LogP contribution is 2.45. The molecule has 3 nitrogen and oxygen atoms in total. The van der Waals surface area contributed by atoms with Crippen molar-refractivity contribution in [2.45, 2.75) is 58.2 Å². The lowest BCUT2D eigenvalue weighted by Gasteiger charge is -2.26. The summed E-state index contributed by atoms with van der Waals surface area (Å²) in [6.45, 7) is 5.29. The van der Waals surface area contributed by atoms with E-state index in [1.807, 2.05) is 0 Å². The van der Waals surface area contributed by atoms with Gasteiger partial charge in [0.05, 0.1) is 13.2 Å². The van der Waals surface area contributed by atoms with Crippen LogP contribution in [0.2, 0.25) is 0 Å². The molecule has 0 spiro atoms. The molecule has 0 saturated heterocycles. The van der Waals surface area contributed by atoms with Gasteiger partial charge in [0.2, 0.25) is 0 Å². The molecule has 0 radical (unpaired) electrons. The molecule has 0 heterocycles. The van der Waals surface area contributed by atoms with Crippen molar-refractivity contribution in [2.24, 2.45) is 11.8 Å². The van der Waals surface area contributed by atoms with E-state index >= 15 is 0 Å². The van der Waals surface area contributed by atoms with Gasteiger partial charge in [0.15, 0.2) is 0 Å². The third-order valence-corrected chi connectivity index (χ3v) is 5.86. The van der Waals surface area contributed by atoms with Crippen LogP contribution in [0.1, 0.15) is 42.4 Å². The van der Waals surface area contributed by atoms with E-state index in [4.69, 9.17) is 4.74 Å². The second-order valence-corrected chi connectivity index (χ2v) is 7.43. The smallest absolute Gasteiger partial charge is 0.122 e. The first-order valence-corrected chi connectivity index (χ1v) is 8.50. The molecule has 2 aliphatic carbocycles. The minimum atomic E-state index is -0.0345. The monoisotopic (exact) mass is 303 g/mol. The molecule has 2 unspecified atom stereocenters. The van der Waals surface area contributed by atoms with Gasteiger partial charge >= 0.3 is 0 Å². The predicted molar refractivity (Wildman–Crippen MR) is 89.2 cm³/mol. The van der Waals surface area contributed by atoms with Gasteiger partial charge in [-0.15, -0.1) is 0 Å². The molecular weight excluding hydrogens is 274 g/mol. The molecule has 2 saturated carbocycles. The van der Waals surface area contributed by atoms with E-state index in [1.54, 1.807) is 7.11 Å². The molecular formula is C19H29NO2. The number of fused-ring (bicyclic) bond motifs is 1. The first kappa shape index (κ1) is 15.8. The molecule has 1 aromatic carbocycles. The average Bonchev–Trinajstić information content (AvgIpc) is 2.99. The third-order valence-electron chi connectivity index (χ3n) is 5.86.